The molecular weight excluding hydrogens is 273 g/mol. The maximum Gasteiger partial charge on any atom is 0.123 e. The molecule has 1 aromatic carbocycles. The monoisotopic (exact) mass is 295 g/mol. The third-order valence-corrected chi connectivity index (χ3v) is 4.05. The van der Waals surface area contributed by atoms with Crippen molar-refractivity contribution in [2.75, 3.05) is 33.7 Å². The average molecular weight is 295 g/mol. The zero-order valence-electron chi connectivity index (χ0n) is 12.1. The predicted molar refractivity (Wildman–Crippen MR) is 84.2 cm³/mol. The van der Waals surface area contributed by atoms with E-state index in [-0.39, 0.29) is 5.82 Å². The SMILES string of the molecule is CN1CCC(CN(C)Cc2cc(F)ccc2C(N)=S)C1. The first-order chi connectivity index (χ1) is 9.45. The van der Waals surface area contributed by atoms with Crippen LogP contribution < -0.4 is 5.73 Å². The van der Waals surface area contributed by atoms with E-state index >= 15 is 0 Å². The second kappa shape index (κ2) is 6.61. The Morgan fingerprint density at radius 1 is 1.55 bits per heavy atom. The Morgan fingerprint density at radius 3 is 2.90 bits per heavy atom. The molecule has 110 valence electrons. The van der Waals surface area contributed by atoms with E-state index < -0.39 is 0 Å². The van der Waals surface area contributed by atoms with Gasteiger partial charge in [-0.05, 0) is 56.7 Å². The summed E-state index contributed by atoms with van der Waals surface area (Å²) in [4.78, 5) is 4.90. The van der Waals surface area contributed by atoms with Gasteiger partial charge >= 0.3 is 0 Å². The van der Waals surface area contributed by atoms with Crippen molar-refractivity contribution in [3.8, 4) is 0 Å². The molecule has 20 heavy (non-hydrogen) atoms. The molecule has 1 saturated heterocycles. The minimum atomic E-state index is -0.242. The lowest BCUT2D eigenvalue weighted by Gasteiger charge is -2.22. The summed E-state index contributed by atoms with van der Waals surface area (Å²) >= 11 is 5.03. The molecule has 1 aliphatic rings. The molecule has 3 nitrogen and oxygen atoms in total. The van der Waals surface area contributed by atoms with Crippen LogP contribution in [-0.4, -0.2) is 48.5 Å². The van der Waals surface area contributed by atoms with E-state index in [0.29, 0.717) is 17.5 Å². The molecule has 0 amide bonds. The predicted octanol–water partition coefficient (Wildman–Crippen LogP) is 1.84. The highest BCUT2D eigenvalue weighted by Crippen LogP contribution is 2.18. The summed E-state index contributed by atoms with van der Waals surface area (Å²) in [5.41, 5.74) is 7.35. The molecule has 1 aromatic rings. The van der Waals surface area contributed by atoms with E-state index in [1.165, 1.54) is 18.6 Å². The van der Waals surface area contributed by atoms with Crippen molar-refractivity contribution >= 4 is 17.2 Å². The number of benzene rings is 1. The summed E-state index contributed by atoms with van der Waals surface area (Å²) in [6.07, 6.45) is 1.23. The Morgan fingerprint density at radius 2 is 2.30 bits per heavy atom. The molecule has 0 bridgehead atoms. The van der Waals surface area contributed by atoms with Gasteiger partial charge in [0.05, 0.1) is 0 Å². The minimum Gasteiger partial charge on any atom is -0.389 e. The van der Waals surface area contributed by atoms with Gasteiger partial charge in [0.25, 0.3) is 0 Å². The highest BCUT2D eigenvalue weighted by Gasteiger charge is 2.21. The van der Waals surface area contributed by atoms with Crippen LogP contribution in [-0.2, 0) is 6.54 Å². The molecule has 0 saturated carbocycles. The molecule has 0 spiro atoms. The van der Waals surface area contributed by atoms with E-state index in [4.69, 9.17) is 18.0 Å². The first-order valence-electron chi connectivity index (χ1n) is 6.91. The maximum atomic E-state index is 13.4. The number of nitrogens with two attached hydrogens (primary N) is 1. The number of halogens is 1. The van der Waals surface area contributed by atoms with Crippen molar-refractivity contribution in [2.24, 2.45) is 11.7 Å². The van der Waals surface area contributed by atoms with Gasteiger partial charge < -0.3 is 15.5 Å². The Balaban J connectivity index is 2.01. The highest BCUT2D eigenvalue weighted by molar-refractivity contribution is 7.80. The zero-order chi connectivity index (χ0) is 14.7. The molecule has 5 heteroatoms. The molecule has 2 rings (SSSR count). The second-order valence-corrected chi connectivity index (χ2v) is 6.22. The van der Waals surface area contributed by atoms with Gasteiger partial charge in [0.1, 0.15) is 10.8 Å². The van der Waals surface area contributed by atoms with Gasteiger partial charge in [-0.1, -0.05) is 12.2 Å². The standard InChI is InChI=1S/C15H22FN3S/c1-18-6-5-11(8-18)9-19(2)10-12-7-13(16)3-4-14(12)15(17)20/h3-4,7,11H,5-6,8-10H2,1-2H3,(H2,17,20). The van der Waals surface area contributed by atoms with Crippen molar-refractivity contribution in [1.82, 2.24) is 9.80 Å². The van der Waals surface area contributed by atoms with E-state index in [2.05, 4.69) is 23.9 Å². The molecule has 0 radical (unpaired) electrons. The summed E-state index contributed by atoms with van der Waals surface area (Å²) in [5, 5.41) is 0. The van der Waals surface area contributed by atoms with Gasteiger partial charge in [-0.3, -0.25) is 0 Å². The summed E-state index contributed by atoms with van der Waals surface area (Å²) < 4.78 is 13.4. The smallest absolute Gasteiger partial charge is 0.123 e. The molecule has 0 aromatic heterocycles. The van der Waals surface area contributed by atoms with Gasteiger partial charge in [0.15, 0.2) is 0 Å². The number of hydrogen-bond donors (Lipinski definition) is 1. The van der Waals surface area contributed by atoms with E-state index in [0.717, 1.165) is 30.8 Å². The lowest BCUT2D eigenvalue weighted by atomic mass is 10.1. The molecule has 2 N–H and O–H groups in total. The maximum absolute atomic E-state index is 13.4. The van der Waals surface area contributed by atoms with Gasteiger partial charge in [-0.15, -0.1) is 0 Å². The second-order valence-electron chi connectivity index (χ2n) is 5.78. The number of thiocarbonyl (C=S) groups is 1. The van der Waals surface area contributed by atoms with Crippen LogP contribution in [0.3, 0.4) is 0 Å². The zero-order valence-corrected chi connectivity index (χ0v) is 12.9. The molecule has 1 aliphatic heterocycles. The van der Waals surface area contributed by atoms with Crippen molar-refractivity contribution in [2.45, 2.75) is 13.0 Å². The fourth-order valence-corrected chi connectivity index (χ4v) is 3.10. The fourth-order valence-electron chi connectivity index (χ4n) is 2.90. The van der Waals surface area contributed by atoms with Crippen LogP contribution in [0.2, 0.25) is 0 Å². The Hall–Kier alpha value is -1.04. The number of likely N-dealkylation sites (tertiary alicyclic amines) is 1. The normalized spacial score (nSPS) is 19.7. The first-order valence-corrected chi connectivity index (χ1v) is 7.32. The average Bonchev–Trinajstić information content (AvgIpc) is 2.74. The topological polar surface area (TPSA) is 32.5 Å². The number of nitrogens with zero attached hydrogens (tertiary/aromatic N) is 2. The Labute approximate surface area is 125 Å². The molecule has 1 atom stereocenters. The Kier molecular flexibility index (Phi) is 5.07. The number of rotatable bonds is 5. The largest absolute Gasteiger partial charge is 0.389 e. The van der Waals surface area contributed by atoms with Crippen molar-refractivity contribution in [3.63, 3.8) is 0 Å². The van der Waals surface area contributed by atoms with E-state index in [1.54, 1.807) is 6.07 Å². The third-order valence-electron chi connectivity index (χ3n) is 3.83. The van der Waals surface area contributed by atoms with Crippen LogP contribution in [0.25, 0.3) is 0 Å². The highest BCUT2D eigenvalue weighted by atomic mass is 32.1. The van der Waals surface area contributed by atoms with Gasteiger partial charge in [-0.2, -0.15) is 0 Å². The van der Waals surface area contributed by atoms with Crippen LogP contribution in [0.5, 0.6) is 0 Å². The van der Waals surface area contributed by atoms with E-state index in [1.807, 2.05) is 0 Å². The molecule has 0 aliphatic carbocycles. The third kappa shape index (κ3) is 3.98. The van der Waals surface area contributed by atoms with E-state index in [9.17, 15) is 4.39 Å². The summed E-state index contributed by atoms with van der Waals surface area (Å²) in [6, 6.07) is 4.61. The first kappa shape index (κ1) is 15.4. The fraction of sp³-hybridized carbons (Fsp3) is 0.533. The molecule has 1 fully saturated rings. The number of hydrogen-bond acceptors (Lipinski definition) is 3. The summed E-state index contributed by atoms with van der Waals surface area (Å²) in [7, 11) is 4.21. The quantitative estimate of drug-likeness (QED) is 0.840. The van der Waals surface area contributed by atoms with Gasteiger partial charge in [0, 0.05) is 25.2 Å². The lowest BCUT2D eigenvalue weighted by Crippen LogP contribution is -2.28. The van der Waals surface area contributed by atoms with Crippen molar-refractivity contribution < 1.29 is 4.39 Å². The minimum absolute atomic E-state index is 0.242. The van der Waals surface area contributed by atoms with Crippen LogP contribution >= 0.6 is 12.2 Å². The summed E-state index contributed by atoms with van der Waals surface area (Å²) in [6.45, 7) is 3.98. The lowest BCUT2D eigenvalue weighted by molar-refractivity contribution is 0.267. The van der Waals surface area contributed by atoms with Gasteiger partial charge in [0.2, 0.25) is 0 Å². The van der Waals surface area contributed by atoms with Crippen LogP contribution in [0.4, 0.5) is 4.39 Å². The van der Waals surface area contributed by atoms with Crippen LogP contribution in [0.1, 0.15) is 17.5 Å². The molecular formula is C15H22FN3S. The Bertz CT molecular complexity index is 492. The van der Waals surface area contributed by atoms with Crippen molar-refractivity contribution in [1.29, 1.82) is 0 Å². The van der Waals surface area contributed by atoms with Crippen molar-refractivity contribution in [3.05, 3.63) is 35.1 Å². The van der Waals surface area contributed by atoms with Gasteiger partial charge in [-0.25, -0.2) is 4.39 Å². The van der Waals surface area contributed by atoms with Crippen LogP contribution in [0, 0.1) is 11.7 Å². The molecule has 1 unspecified atom stereocenters. The molecule has 1 heterocycles. The van der Waals surface area contributed by atoms with Crippen LogP contribution in [0.15, 0.2) is 18.2 Å². The summed E-state index contributed by atoms with van der Waals surface area (Å²) in [5.74, 6) is 0.445.